The van der Waals surface area contributed by atoms with E-state index in [2.05, 4.69) is 10.3 Å². The van der Waals surface area contributed by atoms with Crippen molar-refractivity contribution in [1.82, 2.24) is 10.3 Å². The minimum absolute atomic E-state index is 0.0482. The molecule has 0 aliphatic rings. The molecule has 0 spiro atoms. The number of aliphatic hydroxyl groups is 1. The van der Waals surface area contributed by atoms with Crippen LogP contribution in [-0.2, 0) is 11.2 Å². The fourth-order valence-corrected chi connectivity index (χ4v) is 2.62. The Balaban J connectivity index is 1.95. The van der Waals surface area contributed by atoms with E-state index in [-0.39, 0.29) is 18.9 Å². The molecule has 6 heteroatoms. The number of aromatic nitrogens is 1. The summed E-state index contributed by atoms with van der Waals surface area (Å²) in [6.07, 6.45) is 2.35. The zero-order chi connectivity index (χ0) is 14.6. The van der Waals surface area contributed by atoms with Crippen LogP contribution in [0.1, 0.15) is 26.0 Å². The van der Waals surface area contributed by atoms with Crippen LogP contribution in [0.3, 0.4) is 0 Å². The third kappa shape index (κ3) is 3.91. The van der Waals surface area contributed by atoms with Crippen molar-refractivity contribution >= 4 is 17.2 Å². The predicted molar refractivity (Wildman–Crippen MR) is 77.4 cm³/mol. The summed E-state index contributed by atoms with van der Waals surface area (Å²) >= 11 is 1.45. The van der Waals surface area contributed by atoms with Crippen molar-refractivity contribution in [3.05, 3.63) is 29.5 Å². The van der Waals surface area contributed by atoms with E-state index in [0.717, 1.165) is 10.7 Å². The maximum Gasteiger partial charge on any atom is 0.226 e. The first-order chi connectivity index (χ1) is 9.50. The van der Waals surface area contributed by atoms with E-state index in [4.69, 9.17) is 9.52 Å². The second-order valence-electron chi connectivity index (χ2n) is 5.20. The molecule has 2 N–H and O–H groups in total. The minimum atomic E-state index is -0.411. The van der Waals surface area contributed by atoms with Crippen molar-refractivity contribution in [2.45, 2.75) is 32.2 Å². The molecule has 20 heavy (non-hydrogen) atoms. The summed E-state index contributed by atoms with van der Waals surface area (Å²) in [5, 5.41) is 14.5. The first-order valence-electron chi connectivity index (χ1n) is 6.40. The SMILES string of the molecule is CC(C)(CCO)NC(=O)Cc1csc(-c2ccco2)n1. The van der Waals surface area contributed by atoms with Gasteiger partial charge in [-0.1, -0.05) is 0 Å². The number of furan rings is 1. The summed E-state index contributed by atoms with van der Waals surface area (Å²) in [4.78, 5) is 16.3. The molecular formula is C14H18N2O3S. The van der Waals surface area contributed by atoms with Crippen LogP contribution in [0, 0.1) is 0 Å². The van der Waals surface area contributed by atoms with E-state index in [1.807, 2.05) is 25.3 Å². The summed E-state index contributed by atoms with van der Waals surface area (Å²) in [6.45, 7) is 3.82. The monoisotopic (exact) mass is 294 g/mol. The molecule has 0 unspecified atom stereocenters. The molecule has 0 aliphatic carbocycles. The molecule has 2 aromatic heterocycles. The average molecular weight is 294 g/mol. The van der Waals surface area contributed by atoms with E-state index in [9.17, 15) is 4.79 Å². The Morgan fingerprint density at radius 1 is 1.55 bits per heavy atom. The van der Waals surface area contributed by atoms with Crippen molar-refractivity contribution in [1.29, 1.82) is 0 Å². The quantitative estimate of drug-likeness (QED) is 0.856. The van der Waals surface area contributed by atoms with Gasteiger partial charge in [0.1, 0.15) is 0 Å². The number of nitrogens with one attached hydrogen (secondary N) is 1. The third-order valence-corrected chi connectivity index (χ3v) is 3.75. The number of rotatable bonds is 6. The smallest absolute Gasteiger partial charge is 0.226 e. The lowest BCUT2D eigenvalue weighted by Crippen LogP contribution is -2.44. The number of aliphatic hydroxyl groups excluding tert-OH is 1. The van der Waals surface area contributed by atoms with Crippen LogP contribution >= 0.6 is 11.3 Å². The number of hydrogen-bond donors (Lipinski definition) is 2. The van der Waals surface area contributed by atoms with Crippen molar-refractivity contribution in [3.8, 4) is 10.8 Å². The van der Waals surface area contributed by atoms with Crippen LogP contribution in [0.25, 0.3) is 10.8 Å². The summed E-state index contributed by atoms with van der Waals surface area (Å²) in [6, 6.07) is 3.65. The van der Waals surface area contributed by atoms with E-state index in [0.29, 0.717) is 12.2 Å². The normalized spacial score (nSPS) is 11.6. The molecule has 0 saturated heterocycles. The van der Waals surface area contributed by atoms with Gasteiger partial charge < -0.3 is 14.8 Å². The molecule has 0 fully saturated rings. The summed E-state index contributed by atoms with van der Waals surface area (Å²) < 4.78 is 5.27. The van der Waals surface area contributed by atoms with Gasteiger partial charge in [-0.3, -0.25) is 4.79 Å². The largest absolute Gasteiger partial charge is 0.462 e. The van der Waals surface area contributed by atoms with Crippen molar-refractivity contribution in [2.24, 2.45) is 0 Å². The summed E-state index contributed by atoms with van der Waals surface area (Å²) in [7, 11) is 0. The molecule has 0 atom stereocenters. The van der Waals surface area contributed by atoms with Gasteiger partial charge in [0.2, 0.25) is 5.91 Å². The highest BCUT2D eigenvalue weighted by Gasteiger charge is 2.20. The first kappa shape index (κ1) is 14.7. The minimum Gasteiger partial charge on any atom is -0.462 e. The van der Waals surface area contributed by atoms with Gasteiger partial charge in [0.15, 0.2) is 10.8 Å². The van der Waals surface area contributed by atoms with Gasteiger partial charge in [0.05, 0.1) is 18.4 Å². The molecule has 0 bridgehead atoms. The van der Waals surface area contributed by atoms with E-state index >= 15 is 0 Å². The Kier molecular flexibility index (Phi) is 4.57. The molecule has 2 aromatic rings. The third-order valence-electron chi connectivity index (χ3n) is 2.84. The number of amides is 1. The Bertz CT molecular complexity index is 561. The number of carbonyl (C=O) groups is 1. The lowest BCUT2D eigenvalue weighted by Gasteiger charge is -2.25. The Hall–Kier alpha value is -1.66. The lowest BCUT2D eigenvalue weighted by molar-refractivity contribution is -0.122. The highest BCUT2D eigenvalue weighted by atomic mass is 32.1. The van der Waals surface area contributed by atoms with E-state index in [1.54, 1.807) is 12.3 Å². The molecule has 0 saturated carbocycles. The number of hydrogen-bond acceptors (Lipinski definition) is 5. The van der Waals surface area contributed by atoms with E-state index in [1.165, 1.54) is 11.3 Å². The van der Waals surface area contributed by atoms with Crippen LogP contribution in [0.4, 0.5) is 0 Å². The van der Waals surface area contributed by atoms with Crippen molar-refractivity contribution in [2.75, 3.05) is 6.61 Å². The molecule has 0 aromatic carbocycles. The molecule has 0 aliphatic heterocycles. The molecular weight excluding hydrogens is 276 g/mol. The maximum absolute atomic E-state index is 11.9. The Morgan fingerprint density at radius 3 is 3.00 bits per heavy atom. The van der Waals surface area contributed by atoms with E-state index < -0.39 is 5.54 Å². The molecule has 5 nitrogen and oxygen atoms in total. The molecule has 108 valence electrons. The predicted octanol–water partition coefficient (Wildman–Crippen LogP) is 2.22. The highest BCUT2D eigenvalue weighted by molar-refractivity contribution is 7.13. The number of carbonyl (C=O) groups excluding carboxylic acids is 1. The molecule has 1 amide bonds. The molecule has 2 rings (SSSR count). The van der Waals surface area contributed by atoms with Crippen LogP contribution in [0.5, 0.6) is 0 Å². The van der Waals surface area contributed by atoms with Crippen LogP contribution in [-0.4, -0.2) is 28.1 Å². The van der Waals surface area contributed by atoms with Crippen LogP contribution < -0.4 is 5.32 Å². The highest BCUT2D eigenvalue weighted by Crippen LogP contribution is 2.24. The topological polar surface area (TPSA) is 75.4 Å². The average Bonchev–Trinajstić information content (AvgIpc) is 2.96. The van der Waals surface area contributed by atoms with Crippen LogP contribution in [0.2, 0.25) is 0 Å². The zero-order valence-corrected chi connectivity index (χ0v) is 12.4. The van der Waals surface area contributed by atoms with Gasteiger partial charge in [-0.05, 0) is 32.4 Å². The standard InChI is InChI=1S/C14H18N2O3S/c1-14(2,5-6-17)16-12(18)8-10-9-20-13(15-10)11-4-3-7-19-11/h3-4,7,9,17H,5-6,8H2,1-2H3,(H,16,18). The van der Waals surface area contributed by atoms with Gasteiger partial charge in [0, 0.05) is 17.5 Å². The summed E-state index contributed by atoms with van der Waals surface area (Å²) in [5.41, 5.74) is 0.310. The lowest BCUT2D eigenvalue weighted by atomic mass is 10.0. The van der Waals surface area contributed by atoms with Gasteiger partial charge in [-0.25, -0.2) is 4.98 Å². The Morgan fingerprint density at radius 2 is 2.35 bits per heavy atom. The van der Waals surface area contributed by atoms with Gasteiger partial charge in [-0.2, -0.15) is 0 Å². The molecule has 0 radical (unpaired) electrons. The fourth-order valence-electron chi connectivity index (χ4n) is 1.83. The molecule has 2 heterocycles. The number of nitrogens with zero attached hydrogens (tertiary/aromatic N) is 1. The van der Waals surface area contributed by atoms with Gasteiger partial charge in [0.25, 0.3) is 0 Å². The van der Waals surface area contributed by atoms with Crippen molar-refractivity contribution in [3.63, 3.8) is 0 Å². The Labute approximate surface area is 121 Å². The first-order valence-corrected chi connectivity index (χ1v) is 7.28. The number of thiazole rings is 1. The maximum atomic E-state index is 11.9. The second-order valence-corrected chi connectivity index (χ2v) is 6.06. The van der Waals surface area contributed by atoms with Crippen molar-refractivity contribution < 1.29 is 14.3 Å². The van der Waals surface area contributed by atoms with Gasteiger partial charge >= 0.3 is 0 Å². The van der Waals surface area contributed by atoms with Gasteiger partial charge in [-0.15, -0.1) is 11.3 Å². The van der Waals surface area contributed by atoms with Crippen LogP contribution in [0.15, 0.2) is 28.2 Å². The second kappa shape index (κ2) is 6.19. The zero-order valence-electron chi connectivity index (χ0n) is 11.5. The summed E-state index contributed by atoms with van der Waals surface area (Å²) in [5.74, 6) is 0.613. The fraction of sp³-hybridized carbons (Fsp3) is 0.429.